The summed E-state index contributed by atoms with van der Waals surface area (Å²) in [6, 6.07) is 4.84. The van der Waals surface area contributed by atoms with Crippen molar-refractivity contribution >= 4 is 21.6 Å². The number of nitrogens with zero attached hydrogens (tertiary/aromatic N) is 1. The molecule has 0 amide bonds. The maximum Gasteiger partial charge on any atom is 0.247 e. The zero-order valence-corrected chi connectivity index (χ0v) is 14.1. The van der Waals surface area contributed by atoms with Gasteiger partial charge in [-0.1, -0.05) is 24.9 Å². The van der Waals surface area contributed by atoms with Crippen LogP contribution < -0.4 is 4.74 Å². The van der Waals surface area contributed by atoms with E-state index in [-0.39, 0.29) is 10.9 Å². The van der Waals surface area contributed by atoms with E-state index < -0.39 is 10.0 Å². The van der Waals surface area contributed by atoms with Crippen LogP contribution in [-0.2, 0) is 10.0 Å². The molecule has 2 rings (SSSR count). The summed E-state index contributed by atoms with van der Waals surface area (Å²) in [5, 5.41) is 0.405. The first-order chi connectivity index (χ1) is 10.0. The summed E-state index contributed by atoms with van der Waals surface area (Å²) in [7, 11) is -3.57. The lowest BCUT2D eigenvalue weighted by molar-refractivity contribution is 0.245. The van der Waals surface area contributed by atoms with Gasteiger partial charge in [-0.3, -0.25) is 0 Å². The van der Waals surface area contributed by atoms with Gasteiger partial charge in [0.1, 0.15) is 10.6 Å². The molecule has 0 aromatic heterocycles. The molecule has 1 fully saturated rings. The van der Waals surface area contributed by atoms with Crippen LogP contribution in [-0.4, -0.2) is 31.9 Å². The minimum atomic E-state index is -3.57. The number of sulfonamides is 1. The van der Waals surface area contributed by atoms with Gasteiger partial charge in [0.15, 0.2) is 0 Å². The molecule has 0 spiro atoms. The third-order valence-electron chi connectivity index (χ3n) is 3.84. The molecule has 1 unspecified atom stereocenters. The average molecular weight is 332 g/mol. The van der Waals surface area contributed by atoms with Crippen LogP contribution >= 0.6 is 11.6 Å². The molecule has 1 aromatic carbocycles. The summed E-state index contributed by atoms with van der Waals surface area (Å²) in [6.07, 6.45) is 3.72. The van der Waals surface area contributed by atoms with Gasteiger partial charge in [-0.2, -0.15) is 4.31 Å². The number of halogens is 1. The van der Waals surface area contributed by atoms with E-state index in [4.69, 9.17) is 16.3 Å². The van der Waals surface area contributed by atoms with Crippen LogP contribution in [0.25, 0.3) is 0 Å². The van der Waals surface area contributed by atoms with Gasteiger partial charge in [-0.15, -0.1) is 0 Å². The first-order valence-corrected chi connectivity index (χ1v) is 9.26. The largest absolute Gasteiger partial charge is 0.492 e. The van der Waals surface area contributed by atoms with E-state index in [9.17, 15) is 8.42 Å². The molecule has 1 aliphatic rings. The zero-order valence-electron chi connectivity index (χ0n) is 12.5. The highest BCUT2D eigenvalue weighted by atomic mass is 35.5. The van der Waals surface area contributed by atoms with Gasteiger partial charge >= 0.3 is 0 Å². The maximum absolute atomic E-state index is 13.0. The van der Waals surface area contributed by atoms with Crippen molar-refractivity contribution in [2.45, 2.75) is 50.5 Å². The van der Waals surface area contributed by atoms with Crippen LogP contribution in [0.15, 0.2) is 23.1 Å². The van der Waals surface area contributed by atoms with Crippen LogP contribution in [0.2, 0.25) is 5.02 Å². The van der Waals surface area contributed by atoms with Gasteiger partial charge in [0.05, 0.1) is 6.61 Å². The molecule has 21 heavy (non-hydrogen) atoms. The lowest BCUT2D eigenvalue weighted by atomic mass is 10.0. The van der Waals surface area contributed by atoms with E-state index in [1.165, 1.54) is 6.07 Å². The van der Waals surface area contributed by atoms with E-state index in [0.29, 0.717) is 23.9 Å². The molecule has 0 bridgehead atoms. The van der Waals surface area contributed by atoms with E-state index >= 15 is 0 Å². The number of piperidine rings is 1. The highest BCUT2D eigenvalue weighted by Crippen LogP contribution is 2.33. The molecule has 4 nitrogen and oxygen atoms in total. The van der Waals surface area contributed by atoms with Crippen molar-refractivity contribution in [1.82, 2.24) is 4.31 Å². The summed E-state index contributed by atoms with van der Waals surface area (Å²) in [4.78, 5) is 0.178. The summed E-state index contributed by atoms with van der Waals surface area (Å²) >= 11 is 5.99. The Bertz CT molecular complexity index is 589. The number of hydrogen-bond acceptors (Lipinski definition) is 3. The second kappa shape index (κ2) is 6.99. The van der Waals surface area contributed by atoms with Gasteiger partial charge in [0.2, 0.25) is 10.0 Å². The molecule has 0 saturated carbocycles. The molecule has 0 radical (unpaired) electrons. The van der Waals surface area contributed by atoms with Gasteiger partial charge in [-0.05, 0) is 44.4 Å². The van der Waals surface area contributed by atoms with Crippen LogP contribution in [0.3, 0.4) is 0 Å². The Labute approximate surface area is 132 Å². The second-order valence-electron chi connectivity index (χ2n) is 5.20. The Morgan fingerprint density at radius 2 is 2.10 bits per heavy atom. The Morgan fingerprint density at radius 1 is 1.33 bits per heavy atom. The fourth-order valence-electron chi connectivity index (χ4n) is 2.78. The summed E-state index contributed by atoms with van der Waals surface area (Å²) in [6.45, 7) is 4.85. The van der Waals surface area contributed by atoms with Crippen molar-refractivity contribution in [3.8, 4) is 5.75 Å². The molecule has 1 atom stereocenters. The number of ether oxygens (including phenoxy) is 1. The predicted molar refractivity (Wildman–Crippen MR) is 84.4 cm³/mol. The maximum atomic E-state index is 13.0. The van der Waals surface area contributed by atoms with Crippen molar-refractivity contribution in [3.63, 3.8) is 0 Å². The first kappa shape index (κ1) is 16.6. The highest BCUT2D eigenvalue weighted by molar-refractivity contribution is 7.89. The van der Waals surface area contributed by atoms with Crippen LogP contribution in [0.4, 0.5) is 0 Å². The third-order valence-corrected chi connectivity index (χ3v) is 6.04. The second-order valence-corrected chi connectivity index (χ2v) is 7.49. The average Bonchev–Trinajstić information content (AvgIpc) is 2.49. The summed E-state index contributed by atoms with van der Waals surface area (Å²) in [5.41, 5.74) is 0. The van der Waals surface area contributed by atoms with Gasteiger partial charge in [0, 0.05) is 17.6 Å². The molecule has 1 heterocycles. The van der Waals surface area contributed by atoms with Crippen molar-refractivity contribution in [1.29, 1.82) is 0 Å². The van der Waals surface area contributed by atoms with Gasteiger partial charge < -0.3 is 4.74 Å². The Balaban J connectivity index is 2.45. The van der Waals surface area contributed by atoms with Gasteiger partial charge in [0.25, 0.3) is 0 Å². The summed E-state index contributed by atoms with van der Waals surface area (Å²) < 4.78 is 33.1. The Kier molecular flexibility index (Phi) is 5.52. The molecule has 6 heteroatoms. The van der Waals surface area contributed by atoms with Gasteiger partial charge in [-0.25, -0.2) is 8.42 Å². The molecule has 118 valence electrons. The van der Waals surface area contributed by atoms with Crippen LogP contribution in [0.5, 0.6) is 5.75 Å². The SMILES string of the molecule is CCOc1ccc(Cl)cc1S(=O)(=O)N1CCCCC1CC. The van der Waals surface area contributed by atoms with Crippen LogP contribution in [0, 0.1) is 0 Å². The van der Waals surface area contributed by atoms with Crippen molar-refractivity contribution < 1.29 is 13.2 Å². The monoisotopic (exact) mass is 331 g/mol. The predicted octanol–water partition coefficient (Wildman–Crippen LogP) is 3.69. The lowest BCUT2D eigenvalue weighted by Gasteiger charge is -2.34. The molecule has 0 aliphatic carbocycles. The van der Waals surface area contributed by atoms with Crippen LogP contribution in [0.1, 0.15) is 39.5 Å². The zero-order chi connectivity index (χ0) is 15.5. The topological polar surface area (TPSA) is 46.6 Å². The third kappa shape index (κ3) is 3.52. The number of rotatable bonds is 5. The van der Waals surface area contributed by atoms with Crippen molar-refractivity contribution in [3.05, 3.63) is 23.2 Å². The smallest absolute Gasteiger partial charge is 0.247 e. The molecule has 0 N–H and O–H groups in total. The van der Waals surface area contributed by atoms with Crippen molar-refractivity contribution in [2.24, 2.45) is 0 Å². The molecular formula is C15H22ClNO3S. The molecular weight excluding hydrogens is 310 g/mol. The highest BCUT2D eigenvalue weighted by Gasteiger charge is 2.34. The van der Waals surface area contributed by atoms with E-state index in [1.807, 2.05) is 13.8 Å². The first-order valence-electron chi connectivity index (χ1n) is 7.44. The molecule has 1 aliphatic heterocycles. The molecule has 1 saturated heterocycles. The fraction of sp³-hybridized carbons (Fsp3) is 0.600. The van der Waals surface area contributed by atoms with Crippen molar-refractivity contribution in [2.75, 3.05) is 13.2 Å². The summed E-state index contributed by atoms with van der Waals surface area (Å²) in [5.74, 6) is 0.377. The minimum absolute atomic E-state index is 0.0669. The molecule has 1 aromatic rings. The quantitative estimate of drug-likeness (QED) is 0.826. The standard InChI is InChI=1S/C15H22ClNO3S/c1-3-13-7-5-6-10-17(13)21(18,19)15-11-12(16)8-9-14(15)20-4-2/h8-9,11,13H,3-7,10H2,1-2H3. The minimum Gasteiger partial charge on any atom is -0.492 e. The lowest BCUT2D eigenvalue weighted by Crippen LogP contribution is -2.43. The van der Waals surface area contributed by atoms with E-state index in [1.54, 1.807) is 16.4 Å². The van der Waals surface area contributed by atoms with E-state index in [2.05, 4.69) is 0 Å². The fourth-order valence-corrected chi connectivity index (χ4v) is 4.95. The Hall–Kier alpha value is -0.780. The Morgan fingerprint density at radius 3 is 2.76 bits per heavy atom. The number of hydrogen-bond donors (Lipinski definition) is 0. The van der Waals surface area contributed by atoms with E-state index in [0.717, 1.165) is 25.7 Å². The normalized spacial score (nSPS) is 20.4. The number of benzene rings is 1.